The van der Waals surface area contributed by atoms with Gasteiger partial charge in [0.05, 0.1) is 74.5 Å². The molecule has 368 valence electrons. The van der Waals surface area contributed by atoms with E-state index in [0.29, 0.717) is 64.7 Å². The Morgan fingerprint density at radius 2 is 1.01 bits per heavy atom. The van der Waals surface area contributed by atoms with Gasteiger partial charge in [0, 0.05) is 45.3 Å². The van der Waals surface area contributed by atoms with Gasteiger partial charge in [-0.1, -0.05) is 91.3 Å². The zero-order valence-electron chi connectivity index (χ0n) is 41.2. The van der Waals surface area contributed by atoms with E-state index in [2.05, 4.69) is 44.3 Å². The number of aromatic nitrogens is 2. The average molecular weight is 965 g/mol. The second kappa shape index (κ2) is 25.4. The van der Waals surface area contributed by atoms with Crippen LogP contribution in [0.5, 0.6) is 23.0 Å². The first-order valence-electron chi connectivity index (χ1n) is 23.9. The summed E-state index contributed by atoms with van der Waals surface area (Å²) in [7, 11) is 3.21. The minimum Gasteiger partial charge on any atom is -0.495 e. The number of benzene rings is 6. The molecule has 0 aliphatic rings. The van der Waals surface area contributed by atoms with Crippen molar-refractivity contribution < 1.29 is 38.7 Å². The van der Waals surface area contributed by atoms with Crippen molar-refractivity contribution in [3.8, 4) is 46.7 Å². The topological polar surface area (TPSA) is 167 Å². The predicted molar refractivity (Wildman–Crippen MR) is 283 cm³/mol. The first kappa shape index (κ1) is 51.4. The fourth-order valence-corrected chi connectivity index (χ4v) is 8.02. The van der Waals surface area contributed by atoms with Gasteiger partial charge in [-0.25, -0.2) is 0 Å². The first-order valence-corrected chi connectivity index (χ1v) is 23.9. The first-order chi connectivity index (χ1) is 35.1. The van der Waals surface area contributed by atoms with Crippen LogP contribution in [0.15, 0.2) is 146 Å². The second-order valence-corrected chi connectivity index (χ2v) is 17.2. The minimum atomic E-state index is -0.466. The Balaban J connectivity index is 0.000000211. The van der Waals surface area contributed by atoms with Crippen molar-refractivity contribution in [1.82, 2.24) is 20.6 Å². The maximum absolute atomic E-state index is 13.4. The molecule has 0 aliphatic heterocycles. The molecule has 6 N–H and O–H groups in total. The third-order valence-electron chi connectivity index (χ3n) is 11.6. The second-order valence-electron chi connectivity index (χ2n) is 17.2. The number of para-hydroxylation sites is 4. The fourth-order valence-electron chi connectivity index (χ4n) is 8.02. The monoisotopic (exact) mass is 964 g/mol. The molecule has 0 aliphatic carbocycles. The van der Waals surface area contributed by atoms with Gasteiger partial charge in [-0.3, -0.25) is 9.59 Å². The smallest absolute Gasteiger partial charge is 0.255 e. The van der Waals surface area contributed by atoms with Crippen molar-refractivity contribution >= 4 is 33.6 Å². The highest BCUT2D eigenvalue weighted by molar-refractivity contribution is 5.98. The van der Waals surface area contributed by atoms with Gasteiger partial charge < -0.3 is 49.8 Å². The average Bonchev–Trinajstić information content (AvgIpc) is 4.02. The molecular formula is C60H60N4O8. The number of aromatic amines is 2. The van der Waals surface area contributed by atoms with Crippen LogP contribution in [0.2, 0.25) is 0 Å². The van der Waals surface area contributed by atoms with E-state index >= 15 is 0 Å². The Morgan fingerprint density at radius 3 is 1.47 bits per heavy atom. The summed E-state index contributed by atoms with van der Waals surface area (Å²) in [5.41, 5.74) is 7.70. The van der Waals surface area contributed by atoms with Gasteiger partial charge in [0.15, 0.2) is 0 Å². The summed E-state index contributed by atoms with van der Waals surface area (Å²) in [6.45, 7) is 5.93. The number of methoxy groups -OCH3 is 2. The Hall–Kier alpha value is -8.42. The van der Waals surface area contributed by atoms with Crippen LogP contribution in [-0.2, 0) is 12.8 Å². The number of rotatable bonds is 17. The molecule has 0 spiro atoms. The largest absolute Gasteiger partial charge is 0.495 e. The van der Waals surface area contributed by atoms with Crippen molar-refractivity contribution in [3.05, 3.63) is 190 Å². The van der Waals surface area contributed by atoms with Gasteiger partial charge in [0.25, 0.3) is 11.8 Å². The number of fused-ring (bicyclic) bond motifs is 2. The minimum absolute atomic E-state index is 0.109. The van der Waals surface area contributed by atoms with E-state index in [1.807, 2.05) is 142 Å². The number of amides is 2. The lowest BCUT2D eigenvalue weighted by molar-refractivity contribution is 0.0903. The molecule has 0 radical (unpaired) electrons. The van der Waals surface area contributed by atoms with E-state index < -0.39 is 12.1 Å². The molecule has 12 heteroatoms. The van der Waals surface area contributed by atoms with Crippen LogP contribution in [-0.4, -0.2) is 84.2 Å². The van der Waals surface area contributed by atoms with E-state index in [1.165, 1.54) is 0 Å². The van der Waals surface area contributed by atoms with Crippen LogP contribution in [0.4, 0.5) is 0 Å². The Kier molecular flexibility index (Phi) is 18.2. The molecule has 6 aromatic carbocycles. The number of aliphatic hydroxyl groups excluding tert-OH is 2. The molecule has 2 atom stereocenters. The van der Waals surface area contributed by atoms with Crippen LogP contribution in [0.25, 0.3) is 21.8 Å². The van der Waals surface area contributed by atoms with Gasteiger partial charge in [-0.2, -0.15) is 0 Å². The Bertz CT molecular complexity index is 3240. The van der Waals surface area contributed by atoms with Crippen LogP contribution >= 0.6 is 0 Å². The summed E-state index contributed by atoms with van der Waals surface area (Å²) >= 11 is 0. The molecule has 2 heterocycles. The lowest BCUT2D eigenvalue weighted by Crippen LogP contribution is -2.39. The highest BCUT2D eigenvalue weighted by Gasteiger charge is 2.21. The highest BCUT2D eigenvalue weighted by atomic mass is 16.5. The lowest BCUT2D eigenvalue weighted by Gasteiger charge is -2.19. The quantitative estimate of drug-likeness (QED) is 0.0491. The summed E-state index contributed by atoms with van der Waals surface area (Å²) in [6, 6.07) is 40.7. The van der Waals surface area contributed by atoms with Crippen molar-refractivity contribution in [3.63, 3.8) is 0 Å². The fraction of sp³-hybridized carbons (Fsp3) is 0.233. The Labute approximate surface area is 420 Å². The highest BCUT2D eigenvalue weighted by Crippen LogP contribution is 2.26. The number of ether oxygens (including phenoxy) is 4. The van der Waals surface area contributed by atoms with Crippen LogP contribution < -0.4 is 29.6 Å². The van der Waals surface area contributed by atoms with E-state index in [0.717, 1.165) is 50.5 Å². The molecule has 0 fully saturated rings. The van der Waals surface area contributed by atoms with Gasteiger partial charge in [0.1, 0.15) is 23.0 Å². The third-order valence-corrected chi connectivity index (χ3v) is 11.6. The number of nitrogens with one attached hydrogen (secondary N) is 4. The molecule has 0 saturated heterocycles. The van der Waals surface area contributed by atoms with E-state index in [4.69, 9.17) is 18.9 Å². The molecule has 0 saturated carbocycles. The van der Waals surface area contributed by atoms with Crippen molar-refractivity contribution in [2.45, 2.75) is 58.2 Å². The molecule has 8 rings (SSSR count). The van der Waals surface area contributed by atoms with Gasteiger partial charge in [0.2, 0.25) is 0 Å². The molecule has 8 aromatic rings. The molecule has 2 amide bonds. The van der Waals surface area contributed by atoms with Crippen LogP contribution in [0.1, 0.15) is 81.3 Å². The standard InChI is InChI=1S/2C30H30N2O4/c1-20(2)36-29-15-13-21(12-14-22-8-4-7-11-28(22)35-3)16-26(29)30(34)32-24(19-33)17-23-18-31-27-10-6-5-9-25(23)27;1-3-16-36-29-15-13-21(12-14-22-8-4-7-11-28(22)35-2)17-26(29)30(34)32-24(20-33)18-23-19-31-27-10-6-5-9-25(23)27/h4-11,13,15-16,18,20,24,31,33H,17,19H2,1-3H3,(H,32,34);4-11,13,15,17,19,24,31,33H,3,16,18,20H2,1-2H3,(H,32,34)/t2*24-/m11/s1. The van der Waals surface area contributed by atoms with Crippen LogP contribution in [0, 0.1) is 23.7 Å². The lowest BCUT2D eigenvalue weighted by atomic mass is 10.0. The number of aliphatic hydroxyl groups is 2. The number of hydrogen-bond acceptors (Lipinski definition) is 8. The molecular weight excluding hydrogens is 905 g/mol. The number of H-pyrrole nitrogens is 2. The summed E-state index contributed by atoms with van der Waals surface area (Å²) in [5, 5.41) is 28.1. The van der Waals surface area contributed by atoms with Crippen molar-refractivity contribution in [1.29, 1.82) is 0 Å². The van der Waals surface area contributed by atoms with Gasteiger partial charge in [-0.05, 0) is 117 Å². The summed E-state index contributed by atoms with van der Waals surface area (Å²) in [4.78, 5) is 33.2. The number of hydrogen-bond donors (Lipinski definition) is 6. The van der Waals surface area contributed by atoms with Crippen LogP contribution in [0.3, 0.4) is 0 Å². The third kappa shape index (κ3) is 13.5. The maximum Gasteiger partial charge on any atom is 0.255 e. The maximum atomic E-state index is 13.4. The summed E-state index contributed by atoms with van der Waals surface area (Å²) < 4.78 is 22.5. The number of carbonyl (C=O) groups excluding carboxylic acids is 2. The van der Waals surface area contributed by atoms with E-state index in [9.17, 15) is 19.8 Å². The summed E-state index contributed by atoms with van der Waals surface area (Å²) in [6.07, 6.45) is 5.52. The zero-order chi connectivity index (χ0) is 50.8. The SMILES string of the molecule is CCCOc1ccc(C#Cc2ccccc2OC)cc1C(=O)N[C@@H](CO)Cc1c[nH]c2ccccc12.COc1ccccc1C#Cc1ccc(OC(C)C)c(C(=O)N[C@@H](CO)Cc2c[nH]c3ccccc23)c1. The molecule has 72 heavy (non-hydrogen) atoms. The number of carbonyl (C=O) groups is 2. The molecule has 0 bridgehead atoms. The van der Waals surface area contributed by atoms with Crippen molar-refractivity contribution in [2.75, 3.05) is 34.0 Å². The molecule has 2 aromatic heterocycles. The van der Waals surface area contributed by atoms with E-state index in [-0.39, 0.29) is 31.1 Å². The molecule has 0 unspecified atom stereocenters. The zero-order valence-corrected chi connectivity index (χ0v) is 41.2. The summed E-state index contributed by atoms with van der Waals surface area (Å²) in [5.74, 6) is 14.1. The normalized spacial score (nSPS) is 11.5. The van der Waals surface area contributed by atoms with E-state index in [1.54, 1.807) is 38.5 Å². The van der Waals surface area contributed by atoms with Gasteiger partial charge in [-0.15, -0.1) is 0 Å². The Morgan fingerprint density at radius 1 is 0.569 bits per heavy atom. The predicted octanol–water partition coefficient (Wildman–Crippen LogP) is 9.40. The van der Waals surface area contributed by atoms with Gasteiger partial charge >= 0.3 is 0 Å². The van der Waals surface area contributed by atoms with Crippen molar-refractivity contribution in [2.24, 2.45) is 0 Å². The molecule has 12 nitrogen and oxygen atoms in total.